The van der Waals surface area contributed by atoms with Crippen molar-refractivity contribution >= 4 is 0 Å². The number of hydrogen-bond donors (Lipinski definition) is 3. The molecule has 0 aromatic carbocycles. The molecule has 3 unspecified atom stereocenters. The predicted octanol–water partition coefficient (Wildman–Crippen LogP) is 2.65. The van der Waals surface area contributed by atoms with Crippen molar-refractivity contribution in [3.05, 3.63) is 0 Å². The largest absolute Gasteiger partial charge is 0.396 e. The second kappa shape index (κ2) is 46.6. The molecule has 7 nitrogen and oxygen atoms in total. The molecule has 0 heterocycles. The summed E-state index contributed by atoms with van der Waals surface area (Å²) in [6, 6.07) is 0. The van der Waals surface area contributed by atoms with Crippen molar-refractivity contribution in [1.29, 1.82) is 0 Å². The summed E-state index contributed by atoms with van der Waals surface area (Å²) in [6.07, 6.45) is -1.56. The third-order valence-electron chi connectivity index (χ3n) is 2.41. The monoisotopic (exact) mass is 464 g/mol. The number of hydrogen-bond acceptors (Lipinski definition) is 7. The van der Waals surface area contributed by atoms with Crippen molar-refractivity contribution < 1.29 is 51.8 Å². The average molecular weight is 465 g/mol. The Morgan fingerprint density at radius 3 is 1.27 bits per heavy atom. The molecule has 0 spiro atoms. The Morgan fingerprint density at radius 2 is 1.20 bits per heavy atom. The molecule has 0 aliphatic heterocycles. The molecule has 0 aliphatic carbocycles. The van der Waals surface area contributed by atoms with E-state index >= 15 is 0 Å². The van der Waals surface area contributed by atoms with Crippen LogP contribution in [0.3, 0.4) is 0 Å². The molecule has 0 radical (unpaired) electrons. The maximum Gasteiger partial charge on any atom is 0.118 e. The predicted molar refractivity (Wildman–Crippen MR) is 114 cm³/mol. The van der Waals surface area contributed by atoms with E-state index < -0.39 is 32.2 Å². The van der Waals surface area contributed by atoms with E-state index in [2.05, 4.69) is 18.9 Å². The van der Waals surface area contributed by atoms with Gasteiger partial charge in [0.2, 0.25) is 0 Å². The molecule has 0 rings (SSSR count). The minimum absolute atomic E-state index is 0. The molecule has 0 aromatic heterocycles. The van der Waals surface area contributed by atoms with Crippen molar-refractivity contribution in [2.75, 3.05) is 88.2 Å². The first-order valence-electron chi connectivity index (χ1n) is 8.05. The highest BCUT2D eigenvalue weighted by atomic mass is 19.1. The van der Waals surface area contributed by atoms with Gasteiger partial charge in [0.1, 0.15) is 32.2 Å². The van der Waals surface area contributed by atoms with Crippen LogP contribution in [-0.2, 0) is 18.9 Å². The van der Waals surface area contributed by atoms with E-state index in [1.54, 1.807) is 0 Å². The van der Waals surface area contributed by atoms with Crippen molar-refractivity contribution in [3.8, 4) is 0 Å². The zero-order valence-electron chi connectivity index (χ0n) is 16.6. The number of rotatable bonds is 12. The summed E-state index contributed by atoms with van der Waals surface area (Å²) in [5.41, 5.74) is 0. The standard InChI is InChI=1S/C5H11FO2.2C4H9FO2.C3H7FO.3CH4/c1-8-4-5(2-6)3-7;1-7-3-4(6)2-5;1-7-4(2-5)3-6;1-5-3-2-4;;;/h5,7H,2-4H2,1H3;2*4,6H,2-3H2,1H3;2-3H2,1H3;3*1H4. The number of ether oxygens (including phenoxy) is 4. The fourth-order valence-corrected chi connectivity index (χ4v) is 0.882. The van der Waals surface area contributed by atoms with Crippen LogP contribution in [0.5, 0.6) is 0 Å². The highest BCUT2D eigenvalue weighted by molar-refractivity contribution is 4.51. The maximum atomic E-state index is 11.6. The van der Waals surface area contributed by atoms with Gasteiger partial charge >= 0.3 is 0 Å². The zero-order chi connectivity index (χ0) is 21.9. The van der Waals surface area contributed by atoms with Gasteiger partial charge in [0.25, 0.3) is 0 Å². The lowest BCUT2D eigenvalue weighted by Crippen LogP contribution is -2.17. The van der Waals surface area contributed by atoms with E-state index in [0.29, 0.717) is 6.61 Å². The van der Waals surface area contributed by atoms with Gasteiger partial charge in [-0.15, -0.1) is 0 Å². The van der Waals surface area contributed by atoms with Crippen LogP contribution >= 0.6 is 0 Å². The second-order valence-corrected chi connectivity index (χ2v) is 4.80. The third kappa shape index (κ3) is 50.8. The molecule has 3 atom stereocenters. The van der Waals surface area contributed by atoms with Gasteiger partial charge in [0.05, 0.1) is 39.7 Å². The SMILES string of the molecule is C.C.C.COC(CO)CF.COCC(CO)CF.COCC(O)CF.COCCF. The molecule has 0 fully saturated rings. The first kappa shape index (κ1) is 47.3. The third-order valence-corrected chi connectivity index (χ3v) is 2.41. The van der Waals surface area contributed by atoms with Gasteiger partial charge in [0.15, 0.2) is 0 Å². The first-order chi connectivity index (χ1) is 12.9. The van der Waals surface area contributed by atoms with E-state index in [0.717, 1.165) is 0 Å². The number of aliphatic hydroxyl groups excluding tert-OH is 3. The molecule has 0 amide bonds. The molecule has 0 saturated heterocycles. The Morgan fingerprint density at radius 1 is 0.700 bits per heavy atom. The summed E-state index contributed by atoms with van der Waals surface area (Å²) in [5.74, 6) is -0.333. The Labute approximate surface area is 181 Å². The van der Waals surface area contributed by atoms with E-state index in [9.17, 15) is 17.6 Å². The van der Waals surface area contributed by atoms with Gasteiger partial charge < -0.3 is 34.3 Å². The van der Waals surface area contributed by atoms with Crippen LogP contribution in [0, 0.1) is 5.92 Å². The van der Waals surface area contributed by atoms with Crippen molar-refractivity contribution in [2.24, 2.45) is 5.92 Å². The van der Waals surface area contributed by atoms with Gasteiger partial charge in [-0.1, -0.05) is 22.3 Å². The summed E-state index contributed by atoms with van der Waals surface area (Å²) in [6.45, 7) is -2.01. The van der Waals surface area contributed by atoms with Crippen LogP contribution in [0.2, 0.25) is 0 Å². The average Bonchev–Trinajstić information content (AvgIpc) is 2.69. The Kier molecular flexibility index (Phi) is 73.4. The van der Waals surface area contributed by atoms with E-state index in [4.69, 9.17) is 15.3 Å². The Bertz CT molecular complexity index is 220. The highest BCUT2D eigenvalue weighted by Crippen LogP contribution is 1.94. The number of methoxy groups -OCH3 is 4. The van der Waals surface area contributed by atoms with E-state index in [-0.39, 0.29) is 61.3 Å². The maximum absolute atomic E-state index is 11.6. The molecule has 194 valence electrons. The van der Waals surface area contributed by atoms with Crippen LogP contribution in [0.1, 0.15) is 22.3 Å². The summed E-state index contributed by atoms with van der Waals surface area (Å²) in [4.78, 5) is 0. The van der Waals surface area contributed by atoms with Crippen molar-refractivity contribution in [3.63, 3.8) is 0 Å². The number of halogens is 4. The molecular weight excluding hydrogens is 416 g/mol. The fourth-order valence-electron chi connectivity index (χ4n) is 0.882. The molecule has 0 aromatic rings. The lowest BCUT2D eigenvalue weighted by Gasteiger charge is -2.05. The molecular formula is C19H48F4O7. The molecule has 0 saturated carbocycles. The van der Waals surface area contributed by atoms with Gasteiger partial charge in [-0.25, -0.2) is 13.2 Å². The van der Waals surface area contributed by atoms with Crippen LogP contribution in [-0.4, -0.2) is 116 Å². The van der Waals surface area contributed by atoms with Crippen LogP contribution < -0.4 is 0 Å². The lowest BCUT2D eigenvalue weighted by molar-refractivity contribution is 0.0320. The minimum atomic E-state index is -0.940. The van der Waals surface area contributed by atoms with E-state index in [1.807, 2.05) is 0 Å². The van der Waals surface area contributed by atoms with Gasteiger partial charge in [-0.05, 0) is 0 Å². The zero-order valence-corrected chi connectivity index (χ0v) is 16.6. The molecule has 0 aliphatic rings. The van der Waals surface area contributed by atoms with Gasteiger partial charge in [-0.3, -0.25) is 4.39 Å². The first-order valence-corrected chi connectivity index (χ1v) is 8.05. The van der Waals surface area contributed by atoms with Gasteiger partial charge in [-0.2, -0.15) is 0 Å². The molecule has 11 heteroatoms. The van der Waals surface area contributed by atoms with Crippen LogP contribution in [0.4, 0.5) is 17.6 Å². The number of aliphatic hydroxyl groups is 3. The lowest BCUT2D eigenvalue weighted by atomic mass is 10.2. The van der Waals surface area contributed by atoms with Crippen LogP contribution in [0.15, 0.2) is 0 Å². The number of alkyl halides is 4. The summed E-state index contributed by atoms with van der Waals surface area (Å²) in [5, 5.41) is 24.9. The summed E-state index contributed by atoms with van der Waals surface area (Å²) < 4.78 is 62.8. The Hall–Kier alpha value is -0.560. The van der Waals surface area contributed by atoms with Crippen molar-refractivity contribution in [1.82, 2.24) is 0 Å². The molecule has 30 heavy (non-hydrogen) atoms. The van der Waals surface area contributed by atoms with Crippen molar-refractivity contribution in [2.45, 2.75) is 34.5 Å². The normalized spacial score (nSPS) is 11.7. The van der Waals surface area contributed by atoms with E-state index in [1.165, 1.54) is 28.4 Å². The highest BCUT2D eigenvalue weighted by Gasteiger charge is 2.04. The topological polar surface area (TPSA) is 97.6 Å². The molecule has 3 N–H and O–H groups in total. The Balaban J connectivity index is -0.0000000460. The second-order valence-electron chi connectivity index (χ2n) is 4.80. The fraction of sp³-hybridized carbons (Fsp3) is 1.00. The summed E-state index contributed by atoms with van der Waals surface area (Å²) in [7, 11) is 5.73. The smallest absolute Gasteiger partial charge is 0.118 e. The quantitative estimate of drug-likeness (QED) is 0.382. The summed E-state index contributed by atoms with van der Waals surface area (Å²) >= 11 is 0. The molecule has 0 bridgehead atoms. The minimum Gasteiger partial charge on any atom is -0.396 e. The van der Waals surface area contributed by atoms with Gasteiger partial charge in [0, 0.05) is 34.4 Å². The van der Waals surface area contributed by atoms with Crippen LogP contribution in [0.25, 0.3) is 0 Å².